The summed E-state index contributed by atoms with van der Waals surface area (Å²) in [4.78, 5) is 0. The van der Waals surface area contributed by atoms with Crippen LogP contribution in [0.3, 0.4) is 0 Å². The van der Waals surface area contributed by atoms with Crippen molar-refractivity contribution in [2.24, 2.45) is 0 Å². The van der Waals surface area contributed by atoms with Crippen LogP contribution in [-0.4, -0.2) is 0 Å². The molecule has 0 aliphatic heterocycles. The van der Waals surface area contributed by atoms with Crippen molar-refractivity contribution in [1.82, 2.24) is 0 Å². The number of rotatable bonds is 3. The molecule has 0 aliphatic rings. The largest absolute Gasteiger partial charge is 0.0622 e. The Morgan fingerprint density at radius 3 is 1.08 bits per heavy atom. The molecule has 0 amide bonds. The fourth-order valence-electron chi connectivity index (χ4n) is 3.25. The summed E-state index contributed by atoms with van der Waals surface area (Å²) in [5, 5.41) is 0. The summed E-state index contributed by atoms with van der Waals surface area (Å²) in [7, 11) is 0. The lowest BCUT2D eigenvalue weighted by Crippen LogP contribution is -1.86. The highest BCUT2D eigenvalue weighted by atomic mass is 14.1. The lowest BCUT2D eigenvalue weighted by atomic mass is 9.93. The Labute approximate surface area is 155 Å². The molecule has 126 valence electrons. The van der Waals surface area contributed by atoms with Crippen molar-refractivity contribution in [2.45, 2.75) is 13.8 Å². The highest BCUT2D eigenvalue weighted by Gasteiger charge is 2.07. The molecule has 0 aromatic heterocycles. The second-order valence-corrected chi connectivity index (χ2v) is 6.90. The van der Waals surface area contributed by atoms with Crippen molar-refractivity contribution >= 4 is 0 Å². The van der Waals surface area contributed by atoms with Crippen molar-refractivity contribution in [3.63, 3.8) is 0 Å². The highest BCUT2D eigenvalue weighted by molar-refractivity contribution is 5.81. The van der Waals surface area contributed by atoms with E-state index in [1.807, 2.05) is 0 Å². The monoisotopic (exact) mass is 334 g/mol. The first-order chi connectivity index (χ1) is 12.7. The zero-order valence-electron chi connectivity index (χ0n) is 15.2. The third kappa shape index (κ3) is 3.45. The van der Waals surface area contributed by atoms with E-state index in [-0.39, 0.29) is 0 Å². The smallest absolute Gasteiger partial charge is 0.0172 e. The first-order valence-electron chi connectivity index (χ1n) is 9.04. The third-order valence-electron chi connectivity index (χ3n) is 4.81. The van der Waals surface area contributed by atoms with Crippen LogP contribution >= 0.6 is 0 Å². The van der Waals surface area contributed by atoms with E-state index in [1.54, 1.807) is 0 Å². The third-order valence-corrected chi connectivity index (χ3v) is 4.81. The zero-order chi connectivity index (χ0) is 17.9. The van der Waals surface area contributed by atoms with Gasteiger partial charge in [0.2, 0.25) is 0 Å². The Morgan fingerprint density at radius 2 is 0.692 bits per heavy atom. The van der Waals surface area contributed by atoms with Gasteiger partial charge in [0.25, 0.3) is 0 Å². The minimum Gasteiger partial charge on any atom is -0.0622 e. The lowest BCUT2D eigenvalue weighted by Gasteiger charge is -2.12. The molecule has 0 nitrogen and oxygen atoms in total. The van der Waals surface area contributed by atoms with E-state index in [0.29, 0.717) is 0 Å². The van der Waals surface area contributed by atoms with Crippen LogP contribution < -0.4 is 0 Å². The molecule has 0 radical (unpaired) electrons. The molecule has 0 spiro atoms. The molecule has 0 N–H and O–H groups in total. The van der Waals surface area contributed by atoms with Gasteiger partial charge in [-0.3, -0.25) is 0 Å². The number of hydrogen-bond donors (Lipinski definition) is 0. The molecule has 0 unspecified atom stereocenters. The zero-order valence-corrected chi connectivity index (χ0v) is 15.2. The summed E-state index contributed by atoms with van der Waals surface area (Å²) in [6.07, 6.45) is 0. The normalized spacial score (nSPS) is 10.7. The van der Waals surface area contributed by atoms with Crippen LogP contribution in [0.1, 0.15) is 11.1 Å². The van der Waals surface area contributed by atoms with Crippen LogP contribution in [0.4, 0.5) is 0 Å². The van der Waals surface area contributed by atoms with Crippen LogP contribution in [0.5, 0.6) is 0 Å². The Balaban J connectivity index is 1.89. The number of benzene rings is 4. The molecule has 0 aliphatic carbocycles. The fourth-order valence-corrected chi connectivity index (χ4v) is 3.25. The summed E-state index contributed by atoms with van der Waals surface area (Å²) >= 11 is 0. The van der Waals surface area contributed by atoms with E-state index in [1.165, 1.54) is 44.5 Å². The van der Waals surface area contributed by atoms with Gasteiger partial charge in [0.15, 0.2) is 0 Å². The van der Waals surface area contributed by atoms with E-state index < -0.39 is 0 Å². The van der Waals surface area contributed by atoms with Crippen LogP contribution in [-0.2, 0) is 0 Å². The fraction of sp³-hybridized carbons (Fsp3) is 0.0769. The average Bonchev–Trinajstić information content (AvgIpc) is 2.69. The summed E-state index contributed by atoms with van der Waals surface area (Å²) in [6.45, 7) is 4.25. The summed E-state index contributed by atoms with van der Waals surface area (Å²) in [5.41, 5.74) is 10.1. The van der Waals surface area contributed by atoms with Gasteiger partial charge >= 0.3 is 0 Å². The van der Waals surface area contributed by atoms with Crippen LogP contribution in [0.2, 0.25) is 0 Å². The quantitative estimate of drug-likeness (QED) is 0.368. The van der Waals surface area contributed by atoms with Gasteiger partial charge in [-0.15, -0.1) is 0 Å². The Morgan fingerprint density at radius 1 is 0.346 bits per heavy atom. The number of aryl methyl sites for hydroxylation is 2. The predicted octanol–water partition coefficient (Wildman–Crippen LogP) is 7.30. The first-order valence-corrected chi connectivity index (χ1v) is 9.04. The van der Waals surface area contributed by atoms with Gasteiger partial charge in [0.1, 0.15) is 0 Å². The molecule has 0 fully saturated rings. The maximum atomic E-state index is 2.29. The molecule has 0 atom stereocenters. The number of hydrogen-bond acceptors (Lipinski definition) is 0. The Hall–Kier alpha value is -3.12. The second-order valence-electron chi connectivity index (χ2n) is 6.90. The van der Waals surface area contributed by atoms with E-state index in [0.717, 1.165) is 0 Å². The van der Waals surface area contributed by atoms with Crippen molar-refractivity contribution in [1.29, 1.82) is 0 Å². The average molecular weight is 334 g/mol. The van der Waals surface area contributed by atoms with Crippen LogP contribution in [0.25, 0.3) is 33.4 Å². The van der Waals surface area contributed by atoms with Gasteiger partial charge in [-0.2, -0.15) is 0 Å². The van der Waals surface area contributed by atoms with Gasteiger partial charge < -0.3 is 0 Å². The molecule has 0 saturated heterocycles. The predicted molar refractivity (Wildman–Crippen MR) is 112 cm³/mol. The highest BCUT2D eigenvalue weighted by Crippen LogP contribution is 2.33. The first kappa shape index (κ1) is 16.4. The molecular weight excluding hydrogens is 312 g/mol. The van der Waals surface area contributed by atoms with Crippen molar-refractivity contribution in [2.75, 3.05) is 0 Å². The lowest BCUT2D eigenvalue weighted by molar-refractivity contribution is 1.46. The van der Waals surface area contributed by atoms with E-state index in [4.69, 9.17) is 0 Å². The molecule has 0 heterocycles. The molecule has 0 bridgehead atoms. The summed E-state index contributed by atoms with van der Waals surface area (Å²) < 4.78 is 0. The molecular formula is C26H22. The van der Waals surface area contributed by atoms with Gasteiger partial charge in [-0.05, 0) is 65.4 Å². The molecule has 0 saturated carbocycles. The molecule has 4 aromatic carbocycles. The maximum absolute atomic E-state index is 2.29. The van der Waals surface area contributed by atoms with Gasteiger partial charge in [-0.25, -0.2) is 0 Å². The molecule has 4 aromatic rings. The summed E-state index contributed by atoms with van der Waals surface area (Å²) in [6, 6.07) is 35.0. The van der Waals surface area contributed by atoms with Crippen molar-refractivity contribution in [3.8, 4) is 33.4 Å². The van der Waals surface area contributed by atoms with Crippen molar-refractivity contribution in [3.05, 3.63) is 108 Å². The Kier molecular flexibility index (Phi) is 4.41. The SMILES string of the molecule is Cc1ccc(-c2cc(-c3ccccc3)cc(-c3ccc(C)cc3)c2)cc1. The van der Waals surface area contributed by atoms with Gasteiger partial charge in [-0.1, -0.05) is 90.0 Å². The minimum atomic E-state index is 1.25. The van der Waals surface area contributed by atoms with Crippen LogP contribution in [0, 0.1) is 13.8 Å². The molecule has 26 heavy (non-hydrogen) atoms. The van der Waals surface area contributed by atoms with Crippen molar-refractivity contribution < 1.29 is 0 Å². The summed E-state index contributed by atoms with van der Waals surface area (Å²) in [5.74, 6) is 0. The van der Waals surface area contributed by atoms with E-state index in [2.05, 4.69) is 111 Å². The molecule has 4 rings (SSSR count). The van der Waals surface area contributed by atoms with Crippen LogP contribution in [0.15, 0.2) is 97.1 Å². The second kappa shape index (κ2) is 7.01. The van der Waals surface area contributed by atoms with E-state index in [9.17, 15) is 0 Å². The van der Waals surface area contributed by atoms with E-state index >= 15 is 0 Å². The Bertz CT molecular complexity index is 944. The van der Waals surface area contributed by atoms with Gasteiger partial charge in [0.05, 0.1) is 0 Å². The van der Waals surface area contributed by atoms with Gasteiger partial charge in [0, 0.05) is 0 Å². The molecule has 0 heteroatoms. The minimum absolute atomic E-state index is 1.25. The maximum Gasteiger partial charge on any atom is -0.0172 e. The topological polar surface area (TPSA) is 0 Å². The standard InChI is InChI=1S/C26H22/c1-19-8-12-22(13-9-19)25-16-24(21-6-4-3-5-7-21)17-26(18-25)23-14-10-20(2)11-15-23/h3-18H,1-2H3.